The van der Waals surface area contributed by atoms with Crippen molar-refractivity contribution >= 4 is 0 Å². The SMILES string of the molecule is [CH2]CN(C)Cc1c[nH]nc1C1CCC(C)(C)[C@H](COCCOC)C1. The minimum absolute atomic E-state index is 0.324. The molecule has 5 nitrogen and oxygen atoms in total. The van der Waals surface area contributed by atoms with E-state index in [1.807, 2.05) is 6.20 Å². The Balaban J connectivity index is 2.00. The topological polar surface area (TPSA) is 50.4 Å². The summed E-state index contributed by atoms with van der Waals surface area (Å²) < 4.78 is 10.9. The average molecular weight is 337 g/mol. The van der Waals surface area contributed by atoms with E-state index in [1.54, 1.807) is 7.11 Å². The third kappa shape index (κ3) is 5.04. The van der Waals surface area contributed by atoms with Crippen molar-refractivity contribution in [2.45, 2.75) is 45.6 Å². The molecular formula is C19H34N3O2. The van der Waals surface area contributed by atoms with E-state index in [0.717, 1.165) is 26.1 Å². The molecule has 137 valence electrons. The molecule has 1 N–H and O–H groups in total. The van der Waals surface area contributed by atoms with Gasteiger partial charge in [0.15, 0.2) is 0 Å². The maximum atomic E-state index is 5.86. The lowest BCUT2D eigenvalue weighted by molar-refractivity contribution is -0.000396. The molecule has 0 spiro atoms. The smallest absolute Gasteiger partial charge is 0.0700 e. The molecule has 1 saturated carbocycles. The molecule has 24 heavy (non-hydrogen) atoms. The van der Waals surface area contributed by atoms with E-state index in [1.165, 1.54) is 24.1 Å². The Morgan fingerprint density at radius 3 is 2.92 bits per heavy atom. The van der Waals surface area contributed by atoms with E-state index in [4.69, 9.17) is 9.47 Å². The van der Waals surface area contributed by atoms with Gasteiger partial charge in [-0.05, 0) is 51.1 Å². The van der Waals surface area contributed by atoms with Gasteiger partial charge in [-0.3, -0.25) is 5.10 Å². The van der Waals surface area contributed by atoms with Crippen molar-refractivity contribution in [1.82, 2.24) is 15.1 Å². The summed E-state index contributed by atoms with van der Waals surface area (Å²) in [6.07, 6.45) is 5.61. The Hall–Kier alpha value is -0.910. The summed E-state index contributed by atoms with van der Waals surface area (Å²) in [5.41, 5.74) is 2.88. The molecule has 0 bridgehead atoms. The molecule has 0 saturated heterocycles. The average Bonchev–Trinajstić information content (AvgIpc) is 3.00. The number of ether oxygens (including phenoxy) is 2. The molecule has 1 heterocycles. The van der Waals surface area contributed by atoms with Crippen LogP contribution in [0.3, 0.4) is 0 Å². The van der Waals surface area contributed by atoms with Crippen LogP contribution >= 0.6 is 0 Å². The number of nitrogens with one attached hydrogen (secondary N) is 1. The van der Waals surface area contributed by atoms with Crippen molar-refractivity contribution < 1.29 is 9.47 Å². The van der Waals surface area contributed by atoms with E-state index in [-0.39, 0.29) is 0 Å². The standard InChI is InChI=1S/C19H34N3O2/c1-6-22(4)13-16-12-20-21-18(16)15-7-8-19(2,3)17(11-15)14-24-10-9-23-5/h12,15,17H,1,6-11,13-14H2,2-5H3,(H,20,21)/t15?,17-/m0/s1. The molecule has 1 radical (unpaired) electrons. The van der Waals surface area contributed by atoms with Gasteiger partial charge in [0, 0.05) is 31.3 Å². The Kier molecular flexibility index (Phi) is 7.26. The van der Waals surface area contributed by atoms with Crippen LogP contribution in [0.5, 0.6) is 0 Å². The van der Waals surface area contributed by atoms with Crippen molar-refractivity contribution in [3.63, 3.8) is 0 Å². The number of nitrogens with zero attached hydrogens (tertiary/aromatic N) is 2. The van der Waals surface area contributed by atoms with Crippen LogP contribution in [0, 0.1) is 18.3 Å². The quantitative estimate of drug-likeness (QED) is 0.703. The fourth-order valence-corrected chi connectivity index (χ4v) is 3.62. The van der Waals surface area contributed by atoms with E-state index >= 15 is 0 Å². The van der Waals surface area contributed by atoms with Crippen molar-refractivity contribution in [3.8, 4) is 0 Å². The maximum absolute atomic E-state index is 5.86. The van der Waals surface area contributed by atoms with Gasteiger partial charge in [-0.2, -0.15) is 5.10 Å². The zero-order valence-corrected chi connectivity index (χ0v) is 15.8. The van der Waals surface area contributed by atoms with Crippen LogP contribution in [0.25, 0.3) is 0 Å². The summed E-state index contributed by atoms with van der Waals surface area (Å²) in [5, 5.41) is 7.66. The highest BCUT2D eigenvalue weighted by atomic mass is 16.5. The molecule has 2 atom stereocenters. The second-order valence-electron chi connectivity index (χ2n) is 7.76. The Morgan fingerprint density at radius 1 is 1.42 bits per heavy atom. The number of rotatable bonds is 9. The molecule has 1 aliphatic carbocycles. The lowest BCUT2D eigenvalue weighted by Gasteiger charge is -2.42. The molecule has 1 aromatic heterocycles. The first-order valence-electron chi connectivity index (χ1n) is 9.05. The largest absolute Gasteiger partial charge is 0.382 e. The Morgan fingerprint density at radius 2 is 2.21 bits per heavy atom. The second kappa shape index (κ2) is 8.97. The molecular weight excluding hydrogens is 302 g/mol. The van der Waals surface area contributed by atoms with Crippen molar-refractivity contribution in [2.75, 3.05) is 40.5 Å². The number of hydrogen-bond donors (Lipinski definition) is 1. The fraction of sp³-hybridized carbons (Fsp3) is 0.789. The van der Waals surface area contributed by atoms with Gasteiger partial charge in [0.25, 0.3) is 0 Å². The fourth-order valence-electron chi connectivity index (χ4n) is 3.62. The first-order chi connectivity index (χ1) is 11.5. The van der Waals surface area contributed by atoms with Gasteiger partial charge in [0.05, 0.1) is 25.5 Å². The van der Waals surface area contributed by atoms with E-state index < -0.39 is 0 Å². The van der Waals surface area contributed by atoms with Crippen LogP contribution in [0.1, 0.15) is 50.3 Å². The molecule has 0 aromatic carbocycles. The van der Waals surface area contributed by atoms with E-state index in [9.17, 15) is 0 Å². The van der Waals surface area contributed by atoms with E-state index in [0.29, 0.717) is 30.5 Å². The van der Waals surface area contributed by atoms with Crippen LogP contribution in [0.15, 0.2) is 6.20 Å². The molecule has 0 amide bonds. The van der Waals surface area contributed by atoms with Crippen LogP contribution in [-0.2, 0) is 16.0 Å². The van der Waals surface area contributed by atoms with E-state index in [2.05, 4.69) is 42.9 Å². The Labute approximate surface area is 147 Å². The van der Waals surface area contributed by atoms with Gasteiger partial charge in [0.2, 0.25) is 0 Å². The summed E-state index contributed by atoms with van der Waals surface area (Å²) in [6.45, 7) is 12.6. The third-order valence-corrected chi connectivity index (χ3v) is 5.52. The molecule has 5 heteroatoms. The lowest BCUT2D eigenvalue weighted by Crippen LogP contribution is -2.35. The third-order valence-electron chi connectivity index (χ3n) is 5.52. The minimum atomic E-state index is 0.324. The first kappa shape index (κ1) is 19.4. The van der Waals surface area contributed by atoms with Crippen LogP contribution in [0.4, 0.5) is 0 Å². The van der Waals surface area contributed by atoms with Gasteiger partial charge < -0.3 is 14.4 Å². The monoisotopic (exact) mass is 336 g/mol. The summed E-state index contributed by atoms with van der Waals surface area (Å²) in [5.74, 6) is 1.08. The summed E-state index contributed by atoms with van der Waals surface area (Å²) in [4.78, 5) is 2.21. The highest BCUT2D eigenvalue weighted by Gasteiger charge is 2.38. The summed E-state index contributed by atoms with van der Waals surface area (Å²) in [6, 6.07) is 0. The maximum Gasteiger partial charge on any atom is 0.0700 e. The van der Waals surface area contributed by atoms with Crippen LogP contribution < -0.4 is 0 Å². The number of hydrogen-bond acceptors (Lipinski definition) is 4. The van der Waals surface area contributed by atoms with Crippen molar-refractivity contribution in [1.29, 1.82) is 0 Å². The number of methoxy groups -OCH3 is 1. The Bertz CT molecular complexity index is 487. The van der Waals surface area contributed by atoms with Gasteiger partial charge in [-0.25, -0.2) is 0 Å². The number of aromatic amines is 1. The molecule has 1 aliphatic rings. The molecule has 1 fully saturated rings. The highest BCUT2D eigenvalue weighted by molar-refractivity contribution is 5.21. The van der Waals surface area contributed by atoms with Crippen LogP contribution in [-0.4, -0.2) is 55.6 Å². The molecule has 1 aromatic rings. The molecule has 1 unspecified atom stereocenters. The normalized spacial score (nSPS) is 23.8. The van der Waals surface area contributed by atoms with Gasteiger partial charge >= 0.3 is 0 Å². The van der Waals surface area contributed by atoms with Crippen molar-refractivity contribution in [3.05, 3.63) is 24.4 Å². The van der Waals surface area contributed by atoms with Gasteiger partial charge in [-0.15, -0.1) is 0 Å². The number of aromatic nitrogens is 2. The number of H-pyrrole nitrogens is 1. The summed E-state index contributed by atoms with van der Waals surface area (Å²) in [7, 11) is 3.81. The van der Waals surface area contributed by atoms with Gasteiger partial charge in [-0.1, -0.05) is 13.8 Å². The zero-order chi connectivity index (χ0) is 17.6. The second-order valence-corrected chi connectivity index (χ2v) is 7.76. The predicted molar refractivity (Wildman–Crippen MR) is 96.8 cm³/mol. The predicted octanol–water partition coefficient (Wildman–Crippen LogP) is 3.25. The molecule has 2 rings (SSSR count). The summed E-state index contributed by atoms with van der Waals surface area (Å²) >= 11 is 0. The molecule has 0 aliphatic heterocycles. The zero-order valence-electron chi connectivity index (χ0n) is 15.8. The minimum Gasteiger partial charge on any atom is -0.382 e. The lowest BCUT2D eigenvalue weighted by atomic mass is 9.65. The first-order valence-corrected chi connectivity index (χ1v) is 9.05. The van der Waals surface area contributed by atoms with Crippen molar-refractivity contribution in [2.24, 2.45) is 11.3 Å². The van der Waals surface area contributed by atoms with Gasteiger partial charge in [0.1, 0.15) is 0 Å². The highest BCUT2D eigenvalue weighted by Crippen LogP contribution is 2.46. The van der Waals surface area contributed by atoms with Crippen LogP contribution in [0.2, 0.25) is 0 Å².